The van der Waals surface area contributed by atoms with E-state index in [1.807, 2.05) is 4.90 Å². The number of hydrogen-bond donors (Lipinski definition) is 0. The van der Waals surface area contributed by atoms with Crippen LogP contribution in [0.1, 0.15) is 56.6 Å². The van der Waals surface area contributed by atoms with Crippen molar-refractivity contribution in [2.75, 3.05) is 13.1 Å². The Hall–Kier alpha value is -1.65. The zero-order valence-corrected chi connectivity index (χ0v) is 13.6. The van der Waals surface area contributed by atoms with Gasteiger partial charge in [-0.1, -0.05) is 6.42 Å². The van der Waals surface area contributed by atoms with E-state index < -0.39 is 0 Å². The number of hydrogen-bond acceptors (Lipinski definition) is 3. The lowest BCUT2D eigenvalue weighted by atomic mass is 9.83. The third kappa shape index (κ3) is 3.19. The number of aromatic nitrogens is 2. The summed E-state index contributed by atoms with van der Waals surface area (Å²) in [6.07, 6.45) is 9.42. The molecule has 0 aromatic carbocycles. The van der Waals surface area contributed by atoms with Crippen LogP contribution in [0.4, 0.5) is 0 Å². The molecule has 0 unspecified atom stereocenters. The lowest BCUT2D eigenvalue weighted by molar-refractivity contribution is -0.139. The van der Waals surface area contributed by atoms with E-state index in [4.69, 9.17) is 0 Å². The molecule has 2 aliphatic carbocycles. The van der Waals surface area contributed by atoms with E-state index in [1.165, 1.54) is 19.3 Å². The minimum Gasteiger partial charge on any atom is -0.342 e. The molecule has 1 saturated heterocycles. The van der Waals surface area contributed by atoms with Gasteiger partial charge in [0.25, 0.3) is 5.56 Å². The zero-order chi connectivity index (χ0) is 15.8. The highest BCUT2D eigenvalue weighted by atomic mass is 16.2. The highest BCUT2D eigenvalue weighted by Gasteiger charge is 2.31. The molecule has 0 bridgehead atoms. The Balaban J connectivity index is 1.32. The quantitative estimate of drug-likeness (QED) is 0.855. The van der Waals surface area contributed by atoms with Crippen molar-refractivity contribution in [2.45, 2.75) is 57.4 Å². The average Bonchev–Trinajstić information content (AvgIpc) is 3.33. The summed E-state index contributed by atoms with van der Waals surface area (Å²) in [5.41, 5.74) is 1.04. The van der Waals surface area contributed by atoms with E-state index in [0.717, 1.165) is 51.0 Å². The molecule has 0 spiro atoms. The van der Waals surface area contributed by atoms with Crippen molar-refractivity contribution in [1.29, 1.82) is 0 Å². The molecular weight excluding hydrogens is 290 g/mol. The maximum absolute atomic E-state index is 12.3. The summed E-state index contributed by atoms with van der Waals surface area (Å²) in [5, 5.41) is 0. The summed E-state index contributed by atoms with van der Waals surface area (Å²) in [4.78, 5) is 31.0. The van der Waals surface area contributed by atoms with Gasteiger partial charge in [0.05, 0.1) is 12.0 Å². The van der Waals surface area contributed by atoms with Crippen molar-refractivity contribution in [3.8, 4) is 0 Å². The number of nitrogens with zero attached hydrogens (tertiary/aromatic N) is 3. The Bertz CT molecular complexity index is 638. The van der Waals surface area contributed by atoms with Crippen molar-refractivity contribution in [2.24, 2.45) is 11.8 Å². The van der Waals surface area contributed by atoms with Crippen molar-refractivity contribution >= 4 is 5.91 Å². The first-order valence-corrected chi connectivity index (χ1v) is 9.06. The highest BCUT2D eigenvalue weighted by Crippen LogP contribution is 2.38. The first kappa shape index (κ1) is 14.9. The third-order valence-corrected chi connectivity index (χ3v) is 5.73. The fourth-order valence-corrected chi connectivity index (χ4v) is 3.71. The molecule has 4 rings (SSSR count). The van der Waals surface area contributed by atoms with Gasteiger partial charge in [-0.15, -0.1) is 0 Å². The normalized spacial score (nSPS) is 22.9. The molecule has 3 aliphatic rings. The maximum Gasteiger partial charge on any atom is 0.253 e. The van der Waals surface area contributed by atoms with Gasteiger partial charge in [-0.25, -0.2) is 4.98 Å². The molecule has 5 heteroatoms. The minimum absolute atomic E-state index is 0.0786. The Labute approximate surface area is 136 Å². The van der Waals surface area contributed by atoms with Crippen LogP contribution in [0.25, 0.3) is 0 Å². The van der Waals surface area contributed by atoms with Gasteiger partial charge in [-0.2, -0.15) is 0 Å². The van der Waals surface area contributed by atoms with E-state index in [-0.39, 0.29) is 5.56 Å². The number of piperidine rings is 1. The van der Waals surface area contributed by atoms with Gasteiger partial charge in [0.2, 0.25) is 5.91 Å². The van der Waals surface area contributed by atoms with Gasteiger partial charge in [-0.3, -0.25) is 14.2 Å². The topological polar surface area (TPSA) is 55.2 Å². The minimum atomic E-state index is 0.0786. The molecule has 0 N–H and O–H groups in total. The van der Waals surface area contributed by atoms with Crippen LogP contribution < -0.4 is 5.56 Å². The summed E-state index contributed by atoms with van der Waals surface area (Å²) < 4.78 is 1.75. The van der Waals surface area contributed by atoms with Gasteiger partial charge < -0.3 is 4.90 Å². The lowest BCUT2D eigenvalue weighted by Crippen LogP contribution is -2.44. The number of amides is 1. The Morgan fingerprint density at radius 3 is 2.43 bits per heavy atom. The van der Waals surface area contributed by atoms with Gasteiger partial charge in [0, 0.05) is 37.5 Å². The summed E-state index contributed by atoms with van der Waals surface area (Å²) in [5.74, 6) is 1.67. The number of likely N-dealkylation sites (tertiary alicyclic amines) is 1. The van der Waals surface area contributed by atoms with Crippen molar-refractivity contribution in [3.05, 3.63) is 28.4 Å². The van der Waals surface area contributed by atoms with E-state index in [2.05, 4.69) is 4.98 Å². The average molecular weight is 315 g/mol. The van der Waals surface area contributed by atoms with Crippen LogP contribution in [0.15, 0.2) is 17.2 Å². The van der Waals surface area contributed by atoms with E-state index in [1.54, 1.807) is 17.0 Å². The SMILES string of the molecule is O=C(C1CCC1)N1CCC(Cn2cnc(C3CC3)cc2=O)CC1. The Kier molecular flexibility index (Phi) is 3.95. The predicted octanol–water partition coefficient (Wildman–Crippen LogP) is 2.16. The fraction of sp³-hybridized carbons (Fsp3) is 0.722. The second-order valence-electron chi connectivity index (χ2n) is 7.48. The van der Waals surface area contributed by atoms with E-state index in [0.29, 0.717) is 23.7 Å². The summed E-state index contributed by atoms with van der Waals surface area (Å²) >= 11 is 0. The van der Waals surface area contributed by atoms with Crippen LogP contribution in [0.3, 0.4) is 0 Å². The Morgan fingerprint density at radius 2 is 1.87 bits per heavy atom. The second-order valence-corrected chi connectivity index (χ2v) is 7.48. The van der Waals surface area contributed by atoms with Crippen molar-refractivity contribution < 1.29 is 4.79 Å². The van der Waals surface area contributed by atoms with Gasteiger partial charge in [-0.05, 0) is 44.4 Å². The van der Waals surface area contributed by atoms with Gasteiger partial charge in [0.15, 0.2) is 0 Å². The highest BCUT2D eigenvalue weighted by molar-refractivity contribution is 5.79. The van der Waals surface area contributed by atoms with Crippen LogP contribution in [0, 0.1) is 11.8 Å². The van der Waals surface area contributed by atoms with Crippen LogP contribution in [0.5, 0.6) is 0 Å². The predicted molar refractivity (Wildman–Crippen MR) is 87.1 cm³/mol. The smallest absolute Gasteiger partial charge is 0.253 e. The molecule has 3 fully saturated rings. The molecule has 2 heterocycles. The fourth-order valence-electron chi connectivity index (χ4n) is 3.71. The summed E-state index contributed by atoms with van der Waals surface area (Å²) in [6.45, 7) is 2.44. The molecule has 2 saturated carbocycles. The molecule has 1 aliphatic heterocycles. The molecule has 5 nitrogen and oxygen atoms in total. The molecule has 1 aromatic rings. The molecule has 1 aromatic heterocycles. The zero-order valence-electron chi connectivity index (χ0n) is 13.6. The van der Waals surface area contributed by atoms with E-state index in [9.17, 15) is 9.59 Å². The Morgan fingerprint density at radius 1 is 1.13 bits per heavy atom. The molecule has 124 valence electrons. The number of rotatable bonds is 4. The molecular formula is C18H25N3O2. The third-order valence-electron chi connectivity index (χ3n) is 5.73. The van der Waals surface area contributed by atoms with Crippen molar-refractivity contribution in [3.63, 3.8) is 0 Å². The molecule has 23 heavy (non-hydrogen) atoms. The molecule has 1 amide bonds. The number of carbonyl (C=O) groups excluding carboxylic acids is 1. The molecule has 0 atom stereocenters. The van der Waals surface area contributed by atoms with Crippen LogP contribution >= 0.6 is 0 Å². The first-order valence-electron chi connectivity index (χ1n) is 9.06. The lowest BCUT2D eigenvalue weighted by Gasteiger charge is -2.36. The standard InChI is InChI=1S/C18H25N3O2/c22-17-10-16(14-4-5-14)19-12-21(17)11-13-6-8-20(9-7-13)18(23)15-2-1-3-15/h10,12-15H,1-9,11H2. The second kappa shape index (κ2) is 6.10. The van der Waals surface area contributed by atoms with Crippen LogP contribution in [0.2, 0.25) is 0 Å². The van der Waals surface area contributed by atoms with Gasteiger partial charge in [0.1, 0.15) is 0 Å². The molecule has 0 radical (unpaired) electrons. The monoisotopic (exact) mass is 315 g/mol. The summed E-state index contributed by atoms with van der Waals surface area (Å²) in [6, 6.07) is 1.72. The largest absolute Gasteiger partial charge is 0.342 e. The van der Waals surface area contributed by atoms with E-state index >= 15 is 0 Å². The van der Waals surface area contributed by atoms with Crippen LogP contribution in [-0.4, -0.2) is 33.4 Å². The first-order chi connectivity index (χ1) is 11.2. The number of carbonyl (C=O) groups is 1. The van der Waals surface area contributed by atoms with Crippen LogP contribution in [-0.2, 0) is 11.3 Å². The summed E-state index contributed by atoms with van der Waals surface area (Å²) in [7, 11) is 0. The van der Waals surface area contributed by atoms with Gasteiger partial charge >= 0.3 is 0 Å². The van der Waals surface area contributed by atoms with Crippen molar-refractivity contribution in [1.82, 2.24) is 14.5 Å². The maximum atomic E-state index is 12.3.